The second-order valence-corrected chi connectivity index (χ2v) is 9.81. The van der Waals surface area contributed by atoms with Crippen molar-refractivity contribution in [3.63, 3.8) is 0 Å². The second kappa shape index (κ2) is 11.8. The molecule has 0 aliphatic carbocycles. The van der Waals surface area contributed by atoms with Gasteiger partial charge in [-0.2, -0.15) is 0 Å². The molecule has 0 saturated heterocycles. The van der Waals surface area contributed by atoms with Crippen LogP contribution in [0.2, 0.25) is 0 Å². The highest BCUT2D eigenvalue weighted by molar-refractivity contribution is 5.98. The molecule has 0 unspecified atom stereocenters. The topological polar surface area (TPSA) is 92.5 Å². The van der Waals surface area contributed by atoms with Crippen molar-refractivity contribution < 1.29 is 27.8 Å². The molecule has 42 heavy (non-hydrogen) atoms. The van der Waals surface area contributed by atoms with Crippen LogP contribution in [-0.2, 0) is 6.42 Å². The maximum Gasteiger partial charge on any atom is 0.257 e. The van der Waals surface area contributed by atoms with Gasteiger partial charge in [-0.15, -0.1) is 0 Å². The lowest BCUT2D eigenvalue weighted by atomic mass is 9.99. The number of halogens is 2. The van der Waals surface area contributed by atoms with Crippen molar-refractivity contribution in [3.05, 3.63) is 106 Å². The van der Waals surface area contributed by atoms with E-state index in [9.17, 15) is 14.0 Å². The van der Waals surface area contributed by atoms with Crippen LogP contribution in [0.25, 0.3) is 22.2 Å². The van der Waals surface area contributed by atoms with Gasteiger partial charge in [-0.25, -0.2) is 13.8 Å². The number of hydrogen-bond donors (Lipinski definition) is 0. The van der Waals surface area contributed by atoms with Gasteiger partial charge in [-0.3, -0.25) is 14.6 Å². The summed E-state index contributed by atoms with van der Waals surface area (Å²) >= 11 is 0. The van der Waals surface area contributed by atoms with Gasteiger partial charge in [-0.1, -0.05) is 18.2 Å². The van der Waals surface area contributed by atoms with E-state index in [4.69, 9.17) is 14.2 Å². The third-order valence-electron chi connectivity index (χ3n) is 6.70. The zero-order valence-electron chi connectivity index (χ0n) is 23.4. The molecule has 5 rings (SSSR count). The summed E-state index contributed by atoms with van der Waals surface area (Å²) < 4.78 is 46.8. The molecule has 3 heterocycles. The highest BCUT2D eigenvalue weighted by Gasteiger charge is 2.19. The van der Waals surface area contributed by atoms with Crippen molar-refractivity contribution in [1.29, 1.82) is 0 Å². The van der Waals surface area contributed by atoms with Gasteiger partial charge in [-0.05, 0) is 49.2 Å². The van der Waals surface area contributed by atoms with Crippen molar-refractivity contribution in [2.45, 2.75) is 26.3 Å². The highest BCUT2D eigenvalue weighted by atomic mass is 19.1. The minimum Gasteiger partial charge on any atom is -0.491 e. The number of benzene rings is 2. The molecule has 0 fully saturated rings. The fourth-order valence-electron chi connectivity index (χ4n) is 4.45. The van der Waals surface area contributed by atoms with E-state index in [1.165, 1.54) is 63.0 Å². The van der Waals surface area contributed by atoms with Gasteiger partial charge in [0.25, 0.3) is 5.88 Å². The molecule has 0 radical (unpaired) electrons. The van der Waals surface area contributed by atoms with Crippen LogP contribution in [0.4, 0.5) is 8.78 Å². The average Bonchev–Trinajstić information content (AvgIpc) is 2.98. The van der Waals surface area contributed by atoms with E-state index in [1.54, 1.807) is 29.0 Å². The van der Waals surface area contributed by atoms with Crippen LogP contribution in [0.3, 0.4) is 0 Å². The highest BCUT2D eigenvalue weighted by Crippen LogP contribution is 2.34. The number of ketones is 1. The van der Waals surface area contributed by atoms with Crippen molar-refractivity contribution in [1.82, 2.24) is 14.5 Å². The van der Waals surface area contributed by atoms with E-state index in [2.05, 4.69) is 9.97 Å². The standard InChI is InChI=1S/C32H27F2N3O5/c1-18(2)37-16-22(20-6-8-21(33)9-7-20)31(39)23(17-37)26(38)14-19-5-10-27(24(34)13-19)42-28-11-12-35-25-15-29(40-3)32(41-4)36-30(25)28/h5-13,15-18H,14H2,1-4H3. The Morgan fingerprint density at radius 1 is 0.929 bits per heavy atom. The summed E-state index contributed by atoms with van der Waals surface area (Å²) in [5, 5.41) is 0. The van der Waals surface area contributed by atoms with Gasteiger partial charge >= 0.3 is 0 Å². The summed E-state index contributed by atoms with van der Waals surface area (Å²) in [6.45, 7) is 3.82. The van der Waals surface area contributed by atoms with Crippen LogP contribution in [0.5, 0.6) is 23.1 Å². The molecule has 8 nitrogen and oxygen atoms in total. The monoisotopic (exact) mass is 571 g/mol. The van der Waals surface area contributed by atoms with E-state index >= 15 is 4.39 Å². The molecular weight excluding hydrogens is 544 g/mol. The quantitative estimate of drug-likeness (QED) is 0.185. The van der Waals surface area contributed by atoms with Crippen LogP contribution in [0, 0.1) is 11.6 Å². The van der Waals surface area contributed by atoms with E-state index < -0.39 is 22.8 Å². The third kappa shape index (κ3) is 5.69. The Morgan fingerprint density at radius 3 is 2.36 bits per heavy atom. The number of rotatable bonds is 9. The third-order valence-corrected chi connectivity index (χ3v) is 6.70. The molecule has 2 aromatic carbocycles. The van der Waals surface area contributed by atoms with Crippen molar-refractivity contribution >= 4 is 16.8 Å². The number of aromatic nitrogens is 3. The fraction of sp³-hybridized carbons (Fsp3) is 0.188. The van der Waals surface area contributed by atoms with Crippen LogP contribution in [-0.4, -0.2) is 34.5 Å². The van der Waals surface area contributed by atoms with Crippen molar-refractivity contribution in [2.24, 2.45) is 0 Å². The Balaban J connectivity index is 1.43. The minimum absolute atomic E-state index is 0.0371. The first-order valence-corrected chi connectivity index (χ1v) is 13.1. The molecule has 3 aromatic heterocycles. The maximum atomic E-state index is 15.2. The first-order valence-electron chi connectivity index (χ1n) is 13.1. The van der Waals surface area contributed by atoms with Crippen LogP contribution in [0.15, 0.2) is 78.0 Å². The molecule has 0 bridgehead atoms. The molecule has 0 atom stereocenters. The molecule has 214 valence electrons. The summed E-state index contributed by atoms with van der Waals surface area (Å²) in [6, 6.07) is 12.8. The Labute approximate surface area is 240 Å². The maximum absolute atomic E-state index is 15.2. The number of Topliss-reactive ketones (excluding diaryl/α,β-unsaturated/α-hetero) is 1. The van der Waals surface area contributed by atoms with E-state index in [0.29, 0.717) is 27.9 Å². The van der Waals surface area contributed by atoms with Gasteiger partial charge in [0, 0.05) is 48.7 Å². The first kappa shape index (κ1) is 28.4. The van der Waals surface area contributed by atoms with Gasteiger partial charge in [0.1, 0.15) is 11.3 Å². The van der Waals surface area contributed by atoms with Crippen LogP contribution < -0.4 is 19.6 Å². The lowest BCUT2D eigenvalue weighted by molar-refractivity contribution is 0.0991. The lowest BCUT2D eigenvalue weighted by Gasteiger charge is -2.15. The SMILES string of the molecule is COc1cc2nccc(Oc3ccc(CC(=O)c4cn(C(C)C)cc(-c5ccc(F)cc5)c4=O)cc3F)c2nc1OC. The zero-order valence-corrected chi connectivity index (χ0v) is 23.4. The molecule has 0 N–H and O–H groups in total. The van der Waals surface area contributed by atoms with Crippen molar-refractivity contribution in [2.75, 3.05) is 14.2 Å². The van der Waals surface area contributed by atoms with E-state index in [1.807, 2.05) is 13.8 Å². The largest absolute Gasteiger partial charge is 0.491 e. The normalized spacial score (nSPS) is 11.1. The predicted octanol–water partition coefficient (Wildman–Crippen LogP) is 6.55. The molecule has 5 aromatic rings. The Hall–Kier alpha value is -5.12. The number of methoxy groups -OCH3 is 2. The van der Waals surface area contributed by atoms with Crippen molar-refractivity contribution in [3.8, 4) is 34.3 Å². The molecule has 0 amide bonds. The molecule has 0 spiro atoms. The summed E-state index contributed by atoms with van der Waals surface area (Å²) in [7, 11) is 2.93. The zero-order chi connectivity index (χ0) is 30.0. The first-order chi connectivity index (χ1) is 20.2. The number of nitrogens with zero attached hydrogens (tertiary/aromatic N) is 3. The summed E-state index contributed by atoms with van der Waals surface area (Å²) in [6.07, 6.45) is 4.43. The second-order valence-electron chi connectivity index (χ2n) is 9.81. The number of hydrogen-bond acceptors (Lipinski definition) is 7. The van der Waals surface area contributed by atoms with Gasteiger partial charge in [0.15, 0.2) is 34.3 Å². The van der Waals surface area contributed by atoms with E-state index in [-0.39, 0.29) is 41.0 Å². The van der Waals surface area contributed by atoms with Gasteiger partial charge in [0.05, 0.1) is 25.3 Å². The molecular formula is C32H27F2N3O5. The van der Waals surface area contributed by atoms with Crippen LogP contribution >= 0.6 is 0 Å². The Kier molecular flexibility index (Phi) is 7.97. The predicted molar refractivity (Wildman–Crippen MR) is 154 cm³/mol. The minimum atomic E-state index is -0.703. The number of carbonyl (C=O) groups is 1. The number of fused-ring (bicyclic) bond motifs is 1. The molecule has 0 saturated carbocycles. The number of ether oxygens (including phenoxy) is 3. The Morgan fingerprint density at radius 2 is 1.69 bits per heavy atom. The summed E-state index contributed by atoms with van der Waals surface area (Å²) in [5.41, 5.74) is 1.41. The fourth-order valence-corrected chi connectivity index (χ4v) is 4.45. The number of pyridine rings is 3. The van der Waals surface area contributed by atoms with E-state index in [0.717, 1.165) is 0 Å². The average molecular weight is 572 g/mol. The Bertz CT molecular complexity index is 1850. The summed E-state index contributed by atoms with van der Waals surface area (Å²) in [5.74, 6) is -0.846. The summed E-state index contributed by atoms with van der Waals surface area (Å²) in [4.78, 5) is 35.3. The smallest absolute Gasteiger partial charge is 0.257 e. The molecule has 10 heteroatoms. The van der Waals surface area contributed by atoms with Gasteiger partial charge < -0.3 is 18.8 Å². The molecule has 0 aliphatic rings. The number of carbonyl (C=O) groups excluding carboxylic acids is 1. The lowest BCUT2D eigenvalue weighted by Crippen LogP contribution is -2.22. The van der Waals surface area contributed by atoms with Gasteiger partial charge in [0.2, 0.25) is 0 Å². The van der Waals surface area contributed by atoms with Crippen LogP contribution in [0.1, 0.15) is 35.8 Å². The molecule has 0 aliphatic heterocycles.